The highest BCUT2D eigenvalue weighted by Crippen LogP contribution is 2.33. The SMILES string of the molecule is Cc1ccc(-c2cc(C(F)(F)F)nn2-c2ccc(S(=O)(=O)NC(=O)[C@H](C)N(C)/[N+]([O-])=N/OCN3C(=O)c4ccccc4C3=O)cc2)cc1. The number of fused-ring (bicyclic) bond motifs is 1. The van der Waals surface area contributed by atoms with Gasteiger partial charge in [-0.2, -0.15) is 18.3 Å². The minimum Gasteiger partial charge on any atom is -0.569 e. The Bertz CT molecular complexity index is 2000. The summed E-state index contributed by atoms with van der Waals surface area (Å²) in [5.41, 5.74) is 0.739. The van der Waals surface area contributed by atoms with E-state index in [1.54, 1.807) is 36.4 Å². The molecule has 3 amide bonds. The first kappa shape index (κ1) is 33.6. The number of benzene rings is 3. The van der Waals surface area contributed by atoms with Crippen molar-refractivity contribution in [2.24, 2.45) is 5.28 Å². The molecular formula is C30H26F3N7O7S. The Kier molecular flexibility index (Phi) is 8.94. The maximum absolute atomic E-state index is 13.5. The summed E-state index contributed by atoms with van der Waals surface area (Å²) >= 11 is 0. The van der Waals surface area contributed by atoms with Crippen LogP contribution in [0.4, 0.5) is 13.2 Å². The molecule has 1 N–H and O–H groups in total. The van der Waals surface area contributed by atoms with Crippen LogP contribution in [-0.4, -0.2) is 70.6 Å². The molecule has 1 aliphatic rings. The van der Waals surface area contributed by atoms with E-state index in [1.807, 2.05) is 11.6 Å². The van der Waals surface area contributed by atoms with Crippen molar-refractivity contribution in [3.8, 4) is 16.9 Å². The largest absolute Gasteiger partial charge is 0.569 e. The molecule has 0 bridgehead atoms. The molecule has 2 heterocycles. The molecule has 0 spiro atoms. The van der Waals surface area contributed by atoms with Crippen LogP contribution in [0.25, 0.3) is 16.9 Å². The summed E-state index contributed by atoms with van der Waals surface area (Å²) in [5, 5.41) is 20.0. The van der Waals surface area contributed by atoms with E-state index in [-0.39, 0.29) is 27.5 Å². The Balaban J connectivity index is 1.25. The Hall–Kier alpha value is -5.78. The molecule has 1 aliphatic heterocycles. The molecule has 0 radical (unpaired) electrons. The van der Waals surface area contributed by atoms with E-state index in [9.17, 15) is 41.2 Å². The van der Waals surface area contributed by atoms with Gasteiger partial charge < -0.3 is 10.0 Å². The second-order valence-corrected chi connectivity index (χ2v) is 12.3. The molecule has 4 aromatic rings. The lowest BCUT2D eigenvalue weighted by Crippen LogP contribution is -2.47. The highest BCUT2D eigenvalue weighted by atomic mass is 32.2. The third kappa shape index (κ3) is 6.68. The molecule has 48 heavy (non-hydrogen) atoms. The third-order valence-electron chi connectivity index (χ3n) is 7.38. The lowest BCUT2D eigenvalue weighted by Gasteiger charge is -2.20. The predicted octanol–water partition coefficient (Wildman–Crippen LogP) is 4.05. The fourth-order valence-electron chi connectivity index (χ4n) is 4.55. The van der Waals surface area contributed by atoms with Crippen molar-refractivity contribution >= 4 is 27.7 Å². The number of hydrogen-bond donors (Lipinski definition) is 1. The topological polar surface area (TPSA) is 169 Å². The van der Waals surface area contributed by atoms with Gasteiger partial charge in [-0.1, -0.05) is 42.0 Å². The van der Waals surface area contributed by atoms with Crippen molar-refractivity contribution in [1.29, 1.82) is 0 Å². The lowest BCUT2D eigenvalue weighted by atomic mass is 10.1. The maximum atomic E-state index is 13.5. The monoisotopic (exact) mass is 685 g/mol. The van der Waals surface area contributed by atoms with Gasteiger partial charge in [-0.3, -0.25) is 14.4 Å². The van der Waals surface area contributed by atoms with Crippen LogP contribution in [-0.2, 0) is 25.8 Å². The van der Waals surface area contributed by atoms with Crippen molar-refractivity contribution in [3.05, 3.63) is 106 Å². The number of rotatable bonds is 10. The second-order valence-electron chi connectivity index (χ2n) is 10.6. The smallest absolute Gasteiger partial charge is 0.435 e. The van der Waals surface area contributed by atoms with Gasteiger partial charge in [-0.05, 0) is 56.3 Å². The zero-order valence-electron chi connectivity index (χ0n) is 25.4. The standard InChI is InChI=1S/C30H26F3N7O7S/c1-18-8-10-20(11-9-18)25-16-26(30(31,32)33)34-39(25)21-12-14-22(15-13-21)48(45,46)35-27(41)19(2)37(3)40(44)36-47-17-38-28(42)23-6-4-5-7-24(23)29(38)43/h4-16,19H,17H2,1-3H3,(H,35,41)/b40-36-/t19-/m0/s1. The average Bonchev–Trinajstić information content (AvgIpc) is 3.61. The van der Waals surface area contributed by atoms with Crippen LogP contribution < -0.4 is 4.72 Å². The molecule has 3 aromatic carbocycles. The molecule has 250 valence electrons. The Labute approximate surface area is 271 Å². The van der Waals surface area contributed by atoms with Crippen molar-refractivity contribution in [2.75, 3.05) is 13.8 Å². The van der Waals surface area contributed by atoms with Crippen LogP contribution in [0.1, 0.15) is 38.9 Å². The van der Waals surface area contributed by atoms with E-state index in [4.69, 9.17) is 4.84 Å². The van der Waals surface area contributed by atoms with Crippen LogP contribution in [0.15, 0.2) is 89.0 Å². The first-order chi connectivity index (χ1) is 22.6. The van der Waals surface area contributed by atoms with E-state index in [2.05, 4.69) is 10.4 Å². The number of hydrazine groups is 1. The number of alkyl halides is 3. The molecule has 18 heteroatoms. The first-order valence-electron chi connectivity index (χ1n) is 14.0. The van der Waals surface area contributed by atoms with Crippen molar-refractivity contribution in [1.82, 2.24) is 24.4 Å². The van der Waals surface area contributed by atoms with Gasteiger partial charge in [0, 0.05) is 5.56 Å². The van der Waals surface area contributed by atoms with Gasteiger partial charge >= 0.3 is 6.18 Å². The van der Waals surface area contributed by atoms with Gasteiger partial charge in [-0.25, -0.2) is 22.7 Å². The van der Waals surface area contributed by atoms with Gasteiger partial charge in [0.1, 0.15) is 0 Å². The maximum Gasteiger partial charge on any atom is 0.435 e. The third-order valence-corrected chi connectivity index (χ3v) is 8.74. The number of nitrogens with zero attached hydrogens (tertiary/aromatic N) is 6. The van der Waals surface area contributed by atoms with E-state index < -0.39 is 57.3 Å². The van der Waals surface area contributed by atoms with E-state index >= 15 is 0 Å². The van der Waals surface area contributed by atoms with Gasteiger partial charge in [0.25, 0.3) is 27.7 Å². The molecule has 0 aliphatic carbocycles. The molecule has 0 unspecified atom stereocenters. The Morgan fingerprint density at radius 2 is 1.62 bits per heavy atom. The number of carbonyl (C=O) groups excluding carboxylic acids is 3. The van der Waals surface area contributed by atoms with Crippen molar-refractivity contribution in [2.45, 2.75) is 31.0 Å². The summed E-state index contributed by atoms with van der Waals surface area (Å²) in [7, 11) is -3.40. The molecular weight excluding hydrogens is 659 g/mol. The molecule has 14 nitrogen and oxygen atoms in total. The van der Waals surface area contributed by atoms with Crippen LogP contribution in [0, 0.1) is 12.1 Å². The number of likely N-dealkylation sites (N-methyl/N-ethyl adjacent to an activating group) is 1. The summed E-state index contributed by atoms with van der Waals surface area (Å²) in [6.45, 7) is 2.32. The van der Waals surface area contributed by atoms with Gasteiger partial charge in [0.15, 0.2) is 11.7 Å². The summed E-state index contributed by atoms with van der Waals surface area (Å²) in [6, 6.07) is 16.8. The number of hydrogen-bond acceptors (Lipinski definition) is 9. The first-order valence-corrected chi connectivity index (χ1v) is 15.5. The number of imide groups is 1. The van der Waals surface area contributed by atoms with Crippen LogP contribution in [0.2, 0.25) is 0 Å². The normalized spacial score (nSPS) is 14.1. The quantitative estimate of drug-likeness (QED) is 0.112. The molecule has 1 atom stereocenters. The number of aryl methyl sites for hydroxylation is 1. The molecule has 0 saturated carbocycles. The zero-order valence-corrected chi connectivity index (χ0v) is 26.2. The predicted molar refractivity (Wildman–Crippen MR) is 160 cm³/mol. The van der Waals surface area contributed by atoms with Gasteiger partial charge in [0.2, 0.25) is 12.0 Å². The number of halogens is 3. The minimum absolute atomic E-state index is 0.114. The summed E-state index contributed by atoms with van der Waals surface area (Å²) in [4.78, 5) is 42.6. The van der Waals surface area contributed by atoms with Crippen LogP contribution in [0.5, 0.6) is 0 Å². The summed E-state index contributed by atoms with van der Waals surface area (Å²) in [5.74, 6) is -2.43. The van der Waals surface area contributed by atoms with Gasteiger partial charge in [-0.15, -0.1) is 5.01 Å². The fourth-order valence-corrected chi connectivity index (χ4v) is 5.60. The molecule has 1 aromatic heterocycles. The van der Waals surface area contributed by atoms with Crippen molar-refractivity contribution < 1.29 is 45.8 Å². The lowest BCUT2D eigenvalue weighted by molar-refractivity contribution is -0.709. The Morgan fingerprint density at radius 3 is 2.19 bits per heavy atom. The fraction of sp³-hybridized carbons (Fsp3) is 0.200. The van der Waals surface area contributed by atoms with Crippen LogP contribution in [0.3, 0.4) is 0 Å². The number of aromatic nitrogens is 2. The number of amides is 3. The molecule has 5 rings (SSSR count). The second kappa shape index (κ2) is 12.8. The molecule has 0 fully saturated rings. The van der Waals surface area contributed by atoms with Gasteiger partial charge in [0.05, 0.1) is 39.4 Å². The highest BCUT2D eigenvalue weighted by Gasteiger charge is 2.37. The van der Waals surface area contributed by atoms with E-state index in [0.29, 0.717) is 10.6 Å². The number of sulfonamides is 1. The van der Waals surface area contributed by atoms with Crippen LogP contribution >= 0.6 is 0 Å². The minimum atomic E-state index is -4.74. The highest BCUT2D eigenvalue weighted by molar-refractivity contribution is 7.90. The van der Waals surface area contributed by atoms with Crippen molar-refractivity contribution in [3.63, 3.8) is 0 Å². The molecule has 0 saturated heterocycles. The zero-order chi connectivity index (χ0) is 35.0. The number of carbonyl (C=O) groups is 3. The summed E-state index contributed by atoms with van der Waals surface area (Å²) < 4.78 is 69.4. The Morgan fingerprint density at radius 1 is 1.04 bits per heavy atom. The average molecular weight is 686 g/mol. The summed E-state index contributed by atoms with van der Waals surface area (Å²) in [6.07, 6.45) is -4.74. The van der Waals surface area contributed by atoms with E-state index in [1.165, 1.54) is 31.2 Å². The van der Waals surface area contributed by atoms with E-state index in [0.717, 1.165) is 40.4 Å². The number of nitrogens with one attached hydrogen (secondary N) is 1.